The average molecular weight is 360 g/mol. The summed E-state index contributed by atoms with van der Waals surface area (Å²) in [6.45, 7) is 0. The zero-order valence-corrected chi connectivity index (χ0v) is 13.8. The molecule has 2 aromatic carbocycles. The maximum atomic E-state index is 9.10. The number of thiazole rings is 2. The van der Waals surface area contributed by atoms with Crippen molar-refractivity contribution in [2.24, 2.45) is 0 Å². The van der Waals surface area contributed by atoms with Gasteiger partial charge in [-0.3, -0.25) is 0 Å². The molecule has 0 spiro atoms. The molecule has 8 heteroatoms. The first-order valence-corrected chi connectivity index (χ1v) is 8.36. The molecule has 4 aromatic rings. The number of carboxylic acids is 2. The number of fused-ring (bicyclic) bond motifs is 2. The van der Waals surface area contributed by atoms with Gasteiger partial charge in [0.15, 0.2) is 0 Å². The third-order valence-electron chi connectivity index (χ3n) is 2.66. The van der Waals surface area contributed by atoms with Crippen LogP contribution in [0, 0.1) is 0 Å². The number of aliphatic carboxylic acids is 2. The van der Waals surface area contributed by atoms with Gasteiger partial charge in [0.1, 0.15) is 0 Å². The van der Waals surface area contributed by atoms with Crippen LogP contribution in [0.3, 0.4) is 0 Å². The first-order valence-electron chi connectivity index (χ1n) is 6.60. The Morgan fingerprint density at radius 1 is 0.708 bits per heavy atom. The Kier molecular flexibility index (Phi) is 6.35. The molecule has 122 valence electrons. The van der Waals surface area contributed by atoms with Crippen LogP contribution in [0.25, 0.3) is 20.4 Å². The van der Waals surface area contributed by atoms with Gasteiger partial charge in [0.25, 0.3) is 0 Å². The van der Waals surface area contributed by atoms with Gasteiger partial charge >= 0.3 is 11.9 Å². The van der Waals surface area contributed by atoms with Crippen molar-refractivity contribution in [1.29, 1.82) is 0 Å². The summed E-state index contributed by atoms with van der Waals surface area (Å²) in [4.78, 5) is 26.5. The number of hydrogen-bond donors (Lipinski definition) is 2. The van der Waals surface area contributed by atoms with E-state index in [2.05, 4.69) is 22.1 Å². The van der Waals surface area contributed by atoms with Crippen LogP contribution in [0.1, 0.15) is 0 Å². The summed E-state index contributed by atoms with van der Waals surface area (Å²) in [5.74, 6) is -3.65. The van der Waals surface area contributed by atoms with Crippen LogP contribution in [0.5, 0.6) is 0 Å². The fourth-order valence-electron chi connectivity index (χ4n) is 1.61. The van der Waals surface area contributed by atoms with Crippen molar-refractivity contribution in [3.63, 3.8) is 0 Å². The second-order valence-electron chi connectivity index (χ2n) is 4.25. The van der Waals surface area contributed by atoms with Gasteiger partial charge in [-0.1, -0.05) is 24.3 Å². The Labute approximate surface area is 144 Å². The van der Waals surface area contributed by atoms with Crippen LogP contribution < -0.4 is 0 Å². The van der Waals surface area contributed by atoms with E-state index in [1.165, 1.54) is 9.40 Å². The van der Waals surface area contributed by atoms with E-state index in [0.717, 1.165) is 11.0 Å². The minimum atomic E-state index is -1.82. The van der Waals surface area contributed by atoms with E-state index in [1.807, 2.05) is 47.4 Å². The molecular weight excluding hydrogens is 348 g/mol. The largest absolute Gasteiger partial charge is 0.473 e. The predicted octanol–water partition coefficient (Wildman–Crippen LogP) is 3.75. The van der Waals surface area contributed by atoms with Crippen LogP contribution in [0.4, 0.5) is 0 Å². The fourth-order valence-corrected chi connectivity index (χ4v) is 2.96. The van der Waals surface area contributed by atoms with Crippen LogP contribution in [0.15, 0.2) is 59.6 Å². The van der Waals surface area contributed by atoms with Crippen LogP contribution in [0.2, 0.25) is 0 Å². The number of rotatable bonds is 0. The van der Waals surface area contributed by atoms with Gasteiger partial charge in [-0.15, -0.1) is 22.7 Å². The quantitative estimate of drug-likeness (QED) is 0.463. The number of aromatic nitrogens is 2. The summed E-state index contributed by atoms with van der Waals surface area (Å²) in [6, 6.07) is 16.3. The standard InChI is InChI=1S/2C7H5NS.C2H2O4/c2*1-2-4-7-6(3-1)8-5-9-7;3-1(4)2(5)6/h2*1-5H;(H,3,4)(H,5,6). The summed E-state index contributed by atoms with van der Waals surface area (Å²) >= 11 is 3.35. The van der Waals surface area contributed by atoms with Crippen molar-refractivity contribution >= 4 is 55.0 Å². The number of carboxylic acid groups (broad SMARTS) is 2. The van der Waals surface area contributed by atoms with E-state index in [0.29, 0.717) is 0 Å². The van der Waals surface area contributed by atoms with Crippen molar-refractivity contribution in [2.45, 2.75) is 0 Å². The summed E-state index contributed by atoms with van der Waals surface area (Å²) in [7, 11) is 0. The van der Waals surface area contributed by atoms with Gasteiger partial charge in [0.05, 0.1) is 31.5 Å². The van der Waals surface area contributed by atoms with Crippen molar-refractivity contribution in [1.82, 2.24) is 9.97 Å². The highest BCUT2D eigenvalue weighted by atomic mass is 32.1. The second kappa shape index (κ2) is 8.70. The molecule has 0 aliphatic heterocycles. The number of para-hydroxylation sites is 2. The maximum absolute atomic E-state index is 9.10. The monoisotopic (exact) mass is 360 g/mol. The van der Waals surface area contributed by atoms with Gasteiger partial charge < -0.3 is 10.2 Å². The molecule has 0 amide bonds. The Hall–Kier alpha value is -2.84. The van der Waals surface area contributed by atoms with Crippen molar-refractivity contribution in [2.75, 3.05) is 0 Å². The molecule has 2 heterocycles. The predicted molar refractivity (Wildman–Crippen MR) is 94.5 cm³/mol. The highest BCUT2D eigenvalue weighted by molar-refractivity contribution is 7.17. The van der Waals surface area contributed by atoms with Gasteiger partial charge in [0, 0.05) is 0 Å². The molecule has 0 fully saturated rings. The second-order valence-corrected chi connectivity index (χ2v) is 6.02. The topological polar surface area (TPSA) is 100 Å². The molecule has 0 radical (unpaired) electrons. The molecule has 0 saturated carbocycles. The molecule has 0 aliphatic carbocycles. The molecule has 2 aromatic heterocycles. The van der Waals surface area contributed by atoms with Crippen LogP contribution >= 0.6 is 22.7 Å². The molecule has 0 saturated heterocycles. The Balaban J connectivity index is 0.000000134. The van der Waals surface area contributed by atoms with E-state index >= 15 is 0 Å². The first-order chi connectivity index (χ1) is 11.6. The highest BCUT2D eigenvalue weighted by Crippen LogP contribution is 2.16. The van der Waals surface area contributed by atoms with Crippen molar-refractivity contribution in [3.8, 4) is 0 Å². The number of benzene rings is 2. The molecule has 0 atom stereocenters. The van der Waals surface area contributed by atoms with Gasteiger partial charge in [0.2, 0.25) is 0 Å². The molecule has 0 aliphatic rings. The molecule has 24 heavy (non-hydrogen) atoms. The average Bonchev–Trinajstić information content (AvgIpc) is 3.24. The Morgan fingerprint density at radius 2 is 1.08 bits per heavy atom. The normalized spacial score (nSPS) is 9.50. The summed E-state index contributed by atoms with van der Waals surface area (Å²) in [6.07, 6.45) is 0. The smallest absolute Gasteiger partial charge is 0.414 e. The third-order valence-corrected chi connectivity index (χ3v) is 4.28. The van der Waals surface area contributed by atoms with Gasteiger partial charge in [-0.05, 0) is 24.3 Å². The van der Waals surface area contributed by atoms with Crippen molar-refractivity contribution in [3.05, 3.63) is 59.6 Å². The van der Waals surface area contributed by atoms with Crippen molar-refractivity contribution < 1.29 is 19.8 Å². The van der Waals surface area contributed by atoms with E-state index in [9.17, 15) is 0 Å². The lowest BCUT2D eigenvalue weighted by atomic mass is 10.3. The van der Waals surface area contributed by atoms with E-state index < -0.39 is 11.9 Å². The molecule has 4 rings (SSSR count). The molecule has 0 unspecified atom stereocenters. The van der Waals surface area contributed by atoms with Gasteiger partial charge in [-0.25, -0.2) is 19.6 Å². The molecular formula is C16H12N2O4S2. The van der Waals surface area contributed by atoms with E-state index in [-0.39, 0.29) is 0 Å². The minimum absolute atomic E-state index is 1.10. The molecule has 0 bridgehead atoms. The maximum Gasteiger partial charge on any atom is 0.414 e. The SMILES string of the molecule is O=C(O)C(=O)O.c1ccc2scnc2c1.c1ccc2scnc2c1. The number of hydrogen-bond acceptors (Lipinski definition) is 6. The zero-order valence-electron chi connectivity index (χ0n) is 12.2. The first kappa shape index (κ1) is 17.5. The summed E-state index contributed by atoms with van der Waals surface area (Å²) < 4.78 is 2.52. The molecule has 6 nitrogen and oxygen atoms in total. The summed E-state index contributed by atoms with van der Waals surface area (Å²) in [5.41, 5.74) is 5.93. The lowest BCUT2D eigenvalue weighted by Gasteiger charge is -1.80. The highest BCUT2D eigenvalue weighted by Gasteiger charge is 2.04. The number of carbonyl (C=O) groups is 2. The Bertz CT molecular complexity index is 811. The van der Waals surface area contributed by atoms with E-state index in [1.54, 1.807) is 22.7 Å². The Morgan fingerprint density at radius 3 is 1.42 bits per heavy atom. The summed E-state index contributed by atoms with van der Waals surface area (Å²) in [5, 5.41) is 14.8. The van der Waals surface area contributed by atoms with Crippen LogP contribution in [-0.4, -0.2) is 32.1 Å². The third kappa shape index (κ3) is 5.11. The lowest BCUT2D eigenvalue weighted by Crippen LogP contribution is -2.09. The van der Waals surface area contributed by atoms with E-state index in [4.69, 9.17) is 19.8 Å². The fraction of sp³-hybridized carbons (Fsp3) is 0. The van der Waals surface area contributed by atoms with Gasteiger partial charge in [-0.2, -0.15) is 0 Å². The molecule has 2 N–H and O–H groups in total. The van der Waals surface area contributed by atoms with Crippen LogP contribution in [-0.2, 0) is 9.59 Å². The number of nitrogens with zero attached hydrogens (tertiary/aromatic N) is 2. The minimum Gasteiger partial charge on any atom is -0.473 e. The zero-order chi connectivity index (χ0) is 17.4. The lowest BCUT2D eigenvalue weighted by molar-refractivity contribution is -0.159.